The van der Waals surface area contributed by atoms with Crippen LogP contribution in [0.5, 0.6) is 5.75 Å². The summed E-state index contributed by atoms with van der Waals surface area (Å²) >= 11 is 6.16. The van der Waals surface area contributed by atoms with Crippen LogP contribution >= 0.6 is 11.6 Å². The lowest BCUT2D eigenvalue weighted by Gasteiger charge is -2.26. The fraction of sp³-hybridized carbons (Fsp3) is 0.562. The van der Waals surface area contributed by atoms with Crippen LogP contribution in [0.15, 0.2) is 18.2 Å². The monoisotopic (exact) mass is 311 g/mol. The zero-order valence-electron chi connectivity index (χ0n) is 12.7. The van der Waals surface area contributed by atoms with Gasteiger partial charge in [0.2, 0.25) is 0 Å². The molecule has 1 aliphatic rings. The lowest BCUT2D eigenvalue weighted by Crippen LogP contribution is -2.44. The molecule has 0 unspecified atom stereocenters. The molecule has 1 N–H and O–H groups in total. The summed E-state index contributed by atoms with van der Waals surface area (Å²) in [6.45, 7) is 4.49. The van der Waals surface area contributed by atoms with Crippen molar-refractivity contribution in [3.05, 3.63) is 23.2 Å². The van der Waals surface area contributed by atoms with E-state index in [1.54, 1.807) is 25.3 Å². The lowest BCUT2D eigenvalue weighted by molar-refractivity contribution is -0.138. The van der Waals surface area contributed by atoms with Gasteiger partial charge in [-0.3, -0.25) is 4.79 Å². The van der Waals surface area contributed by atoms with Crippen molar-refractivity contribution in [2.75, 3.05) is 19.0 Å². The smallest absolute Gasteiger partial charge is 0.256 e. The molecule has 1 fully saturated rings. The first-order chi connectivity index (χ1) is 10.0. The van der Waals surface area contributed by atoms with Gasteiger partial charge in [0.1, 0.15) is 11.4 Å². The minimum atomic E-state index is -0.774. The number of carbonyl (C=O) groups is 1. The molecular formula is C16H22ClNO3. The predicted octanol–water partition coefficient (Wildman–Crippen LogP) is 3.88. The summed E-state index contributed by atoms with van der Waals surface area (Å²) < 4.78 is 10.9. The van der Waals surface area contributed by atoms with Crippen LogP contribution in [-0.2, 0) is 9.53 Å². The quantitative estimate of drug-likeness (QED) is 0.831. The number of rotatable bonds is 7. The van der Waals surface area contributed by atoms with Crippen LogP contribution in [0, 0.1) is 5.92 Å². The third-order valence-corrected chi connectivity index (χ3v) is 4.18. The van der Waals surface area contributed by atoms with E-state index in [-0.39, 0.29) is 5.91 Å². The van der Waals surface area contributed by atoms with Gasteiger partial charge >= 0.3 is 0 Å². The molecule has 0 bridgehead atoms. The number of hydrogen-bond donors (Lipinski definition) is 1. The molecule has 1 saturated carbocycles. The maximum absolute atomic E-state index is 12.4. The standard InChI is InChI=1S/C16H22ClNO3/c1-4-9-21-14-8-7-12(10-13(14)17)18-15(19)16(2,20-3)11-5-6-11/h7-8,10-11H,4-6,9H2,1-3H3,(H,18,19)/t16-/m0/s1. The predicted molar refractivity (Wildman–Crippen MR) is 84.0 cm³/mol. The molecule has 1 aromatic rings. The Balaban J connectivity index is 2.05. The molecule has 0 radical (unpaired) electrons. The Bertz CT molecular complexity index is 516. The summed E-state index contributed by atoms with van der Waals surface area (Å²) in [5, 5.41) is 3.37. The van der Waals surface area contributed by atoms with E-state index in [0.717, 1.165) is 19.3 Å². The second kappa shape index (κ2) is 6.67. The molecule has 1 aliphatic carbocycles. The van der Waals surface area contributed by atoms with E-state index in [9.17, 15) is 4.79 Å². The highest BCUT2D eigenvalue weighted by atomic mass is 35.5. The zero-order valence-corrected chi connectivity index (χ0v) is 13.5. The average Bonchev–Trinajstić information content (AvgIpc) is 3.30. The molecule has 1 atom stereocenters. The Morgan fingerprint density at radius 3 is 2.71 bits per heavy atom. The molecule has 0 heterocycles. The topological polar surface area (TPSA) is 47.6 Å². The van der Waals surface area contributed by atoms with Gasteiger partial charge in [0.15, 0.2) is 0 Å². The van der Waals surface area contributed by atoms with Crippen molar-refractivity contribution in [2.24, 2.45) is 5.92 Å². The maximum atomic E-state index is 12.4. The minimum absolute atomic E-state index is 0.134. The molecule has 21 heavy (non-hydrogen) atoms. The molecular weight excluding hydrogens is 290 g/mol. The van der Waals surface area contributed by atoms with Crippen molar-refractivity contribution in [1.29, 1.82) is 0 Å². The number of carbonyl (C=O) groups excluding carboxylic acids is 1. The fourth-order valence-corrected chi connectivity index (χ4v) is 2.48. The summed E-state index contributed by atoms with van der Waals surface area (Å²) in [4.78, 5) is 12.4. The number of nitrogens with one attached hydrogen (secondary N) is 1. The van der Waals surface area contributed by atoms with E-state index in [1.165, 1.54) is 0 Å². The summed E-state index contributed by atoms with van der Waals surface area (Å²) in [6, 6.07) is 5.26. The molecule has 0 saturated heterocycles. The molecule has 4 nitrogen and oxygen atoms in total. The first-order valence-corrected chi connectivity index (χ1v) is 7.68. The number of methoxy groups -OCH3 is 1. The average molecular weight is 312 g/mol. The van der Waals surface area contributed by atoms with E-state index >= 15 is 0 Å². The van der Waals surface area contributed by atoms with Crippen molar-refractivity contribution in [3.8, 4) is 5.75 Å². The van der Waals surface area contributed by atoms with Gasteiger partial charge in [0, 0.05) is 12.8 Å². The second-order valence-corrected chi connectivity index (χ2v) is 5.94. The van der Waals surface area contributed by atoms with Gasteiger partial charge in [-0.05, 0) is 50.3 Å². The molecule has 2 rings (SSSR count). The highest BCUT2D eigenvalue weighted by Gasteiger charge is 2.47. The summed E-state index contributed by atoms with van der Waals surface area (Å²) in [5.74, 6) is 0.795. The first kappa shape index (κ1) is 16.1. The number of halogens is 1. The Kier molecular flexibility index (Phi) is 5.12. The van der Waals surface area contributed by atoms with Crippen molar-refractivity contribution < 1.29 is 14.3 Å². The van der Waals surface area contributed by atoms with Crippen molar-refractivity contribution in [1.82, 2.24) is 0 Å². The summed E-state index contributed by atoms with van der Waals surface area (Å²) in [7, 11) is 1.58. The zero-order chi connectivity index (χ0) is 15.5. The van der Waals surface area contributed by atoms with Crippen LogP contribution in [0.2, 0.25) is 5.02 Å². The Morgan fingerprint density at radius 2 is 2.19 bits per heavy atom. The van der Waals surface area contributed by atoms with E-state index in [4.69, 9.17) is 21.1 Å². The summed E-state index contributed by atoms with van der Waals surface area (Å²) in [5.41, 5.74) is -0.123. The molecule has 5 heteroatoms. The van der Waals surface area contributed by atoms with Crippen LogP contribution in [0.25, 0.3) is 0 Å². The maximum Gasteiger partial charge on any atom is 0.256 e. The third-order valence-electron chi connectivity index (χ3n) is 3.88. The van der Waals surface area contributed by atoms with Gasteiger partial charge in [-0.25, -0.2) is 0 Å². The number of ether oxygens (including phenoxy) is 2. The number of benzene rings is 1. The van der Waals surface area contributed by atoms with Crippen LogP contribution in [0.1, 0.15) is 33.1 Å². The third kappa shape index (κ3) is 3.69. The molecule has 1 amide bonds. The van der Waals surface area contributed by atoms with Gasteiger partial charge in [0.05, 0.1) is 11.6 Å². The molecule has 1 aromatic carbocycles. The van der Waals surface area contributed by atoms with Crippen molar-refractivity contribution in [2.45, 2.75) is 38.7 Å². The van der Waals surface area contributed by atoms with Gasteiger partial charge in [-0.1, -0.05) is 18.5 Å². The van der Waals surface area contributed by atoms with Gasteiger partial charge in [-0.15, -0.1) is 0 Å². The Morgan fingerprint density at radius 1 is 1.48 bits per heavy atom. The number of anilines is 1. The van der Waals surface area contributed by atoms with E-state index in [1.807, 2.05) is 13.8 Å². The minimum Gasteiger partial charge on any atom is -0.492 e. The van der Waals surface area contributed by atoms with E-state index in [0.29, 0.717) is 29.0 Å². The van der Waals surface area contributed by atoms with Crippen molar-refractivity contribution in [3.63, 3.8) is 0 Å². The van der Waals surface area contributed by atoms with Crippen LogP contribution < -0.4 is 10.1 Å². The van der Waals surface area contributed by atoms with Crippen LogP contribution in [0.4, 0.5) is 5.69 Å². The number of amides is 1. The highest BCUT2D eigenvalue weighted by molar-refractivity contribution is 6.32. The molecule has 0 aromatic heterocycles. The van der Waals surface area contributed by atoms with Crippen molar-refractivity contribution >= 4 is 23.2 Å². The van der Waals surface area contributed by atoms with Gasteiger partial charge in [-0.2, -0.15) is 0 Å². The van der Waals surface area contributed by atoms with Gasteiger partial charge in [0.25, 0.3) is 5.91 Å². The molecule has 0 spiro atoms. The summed E-state index contributed by atoms with van der Waals surface area (Å²) in [6.07, 6.45) is 2.98. The SMILES string of the molecule is CCCOc1ccc(NC(=O)[C@@](C)(OC)C2CC2)cc1Cl. The second-order valence-electron chi connectivity index (χ2n) is 5.53. The Labute approximate surface area is 130 Å². The number of hydrogen-bond acceptors (Lipinski definition) is 3. The van der Waals surface area contributed by atoms with Gasteiger partial charge < -0.3 is 14.8 Å². The first-order valence-electron chi connectivity index (χ1n) is 7.30. The Hall–Kier alpha value is -1.26. The van der Waals surface area contributed by atoms with E-state index in [2.05, 4.69) is 5.32 Å². The molecule has 116 valence electrons. The molecule has 0 aliphatic heterocycles. The van der Waals surface area contributed by atoms with E-state index < -0.39 is 5.60 Å². The lowest BCUT2D eigenvalue weighted by atomic mass is 9.99. The largest absolute Gasteiger partial charge is 0.492 e. The fourth-order valence-electron chi connectivity index (χ4n) is 2.24. The highest BCUT2D eigenvalue weighted by Crippen LogP contribution is 2.42. The normalized spacial score (nSPS) is 17.1. The van der Waals surface area contributed by atoms with Crippen LogP contribution in [-0.4, -0.2) is 25.2 Å². The van der Waals surface area contributed by atoms with Crippen LogP contribution in [0.3, 0.4) is 0 Å².